The molecule has 5 nitrogen and oxygen atoms in total. The van der Waals surface area contributed by atoms with Gasteiger partial charge in [-0.05, 0) is 48.9 Å². The Morgan fingerprint density at radius 1 is 1.21 bits per heavy atom. The molecule has 2 fully saturated rings. The van der Waals surface area contributed by atoms with E-state index in [-0.39, 0.29) is 29.9 Å². The van der Waals surface area contributed by atoms with Crippen molar-refractivity contribution in [2.24, 2.45) is 5.41 Å². The number of H-pyrrole nitrogens is 1. The topological polar surface area (TPSA) is 65.6 Å². The molecule has 33 heavy (non-hydrogen) atoms. The highest BCUT2D eigenvalue weighted by molar-refractivity contribution is 6.04. The van der Waals surface area contributed by atoms with E-state index < -0.39 is 11.9 Å². The lowest BCUT2D eigenvalue weighted by Crippen LogP contribution is -2.41. The lowest BCUT2D eigenvalue weighted by molar-refractivity contribution is -0.0235. The molecule has 2 heterocycles. The quantitative estimate of drug-likeness (QED) is 0.495. The minimum atomic E-state index is -2.57. The fraction of sp³-hybridized carbons (Fsp3) is 0.423. The average Bonchev–Trinajstić information content (AvgIpc) is 3.40. The van der Waals surface area contributed by atoms with Crippen molar-refractivity contribution in [3.8, 4) is 5.75 Å². The number of alkyl halides is 2. The largest absolute Gasteiger partial charge is 0.496 e. The van der Waals surface area contributed by atoms with E-state index in [0.717, 1.165) is 22.9 Å². The van der Waals surface area contributed by atoms with Crippen LogP contribution in [0.3, 0.4) is 0 Å². The Morgan fingerprint density at radius 2 is 2.00 bits per heavy atom. The van der Waals surface area contributed by atoms with E-state index in [1.807, 2.05) is 24.3 Å². The number of fused-ring (bicyclic) bond motifs is 1. The summed E-state index contributed by atoms with van der Waals surface area (Å²) in [6.45, 7) is 1.24. The van der Waals surface area contributed by atoms with Gasteiger partial charge in [-0.3, -0.25) is 4.90 Å². The first-order valence-electron chi connectivity index (χ1n) is 11.4. The normalized spacial score (nSPS) is 25.0. The number of nitrogens with one attached hydrogen (secondary N) is 1. The molecular weight excluding hydrogens is 426 g/mol. The van der Waals surface area contributed by atoms with Crippen molar-refractivity contribution >= 4 is 16.9 Å². The van der Waals surface area contributed by atoms with Gasteiger partial charge in [-0.1, -0.05) is 30.3 Å². The number of carbonyl (C=O) groups is 1. The van der Waals surface area contributed by atoms with E-state index in [1.54, 1.807) is 19.4 Å². The van der Waals surface area contributed by atoms with Crippen molar-refractivity contribution in [1.29, 1.82) is 0 Å². The first-order valence-corrected chi connectivity index (χ1v) is 11.4. The molecule has 3 aromatic rings. The van der Waals surface area contributed by atoms with Gasteiger partial charge >= 0.3 is 5.97 Å². The highest BCUT2D eigenvalue weighted by atomic mass is 19.3. The molecule has 2 aliphatic rings. The van der Waals surface area contributed by atoms with E-state index in [2.05, 4.69) is 22.0 Å². The Kier molecular flexibility index (Phi) is 5.40. The van der Waals surface area contributed by atoms with Gasteiger partial charge in [0.05, 0.1) is 18.2 Å². The summed E-state index contributed by atoms with van der Waals surface area (Å²) < 4.78 is 34.0. The van der Waals surface area contributed by atoms with Gasteiger partial charge in [0, 0.05) is 42.6 Å². The van der Waals surface area contributed by atoms with Crippen LogP contribution in [0.1, 0.15) is 59.6 Å². The van der Waals surface area contributed by atoms with Crippen LogP contribution in [-0.2, 0) is 6.54 Å². The molecule has 174 valence electrons. The Hall–Kier alpha value is -2.93. The zero-order valence-corrected chi connectivity index (χ0v) is 18.6. The molecular formula is C26H28F2N2O3. The van der Waals surface area contributed by atoms with Gasteiger partial charge in [-0.25, -0.2) is 13.6 Å². The Balaban J connectivity index is 1.53. The highest BCUT2D eigenvalue weighted by Gasteiger charge is 2.52. The van der Waals surface area contributed by atoms with E-state index in [1.165, 1.54) is 0 Å². The molecule has 0 bridgehead atoms. The second-order valence-electron chi connectivity index (χ2n) is 9.56. The fourth-order valence-electron chi connectivity index (χ4n) is 5.92. The number of methoxy groups -OCH3 is 1. The monoisotopic (exact) mass is 454 g/mol. The number of likely N-dealkylation sites (tertiary alicyclic amines) is 1. The number of rotatable bonds is 5. The number of halogens is 2. The maximum atomic E-state index is 14.2. The molecule has 2 atom stereocenters. The SMILES string of the molecule is COc1cc(C(=O)O)c2[nH]ccc2c1CN1CCC2(CCC(F)(F)C2)CC1c1ccccc1. The summed E-state index contributed by atoms with van der Waals surface area (Å²) >= 11 is 0. The van der Waals surface area contributed by atoms with E-state index >= 15 is 0 Å². The van der Waals surface area contributed by atoms with Crippen LogP contribution in [0.15, 0.2) is 48.7 Å². The third-order valence-corrected chi connectivity index (χ3v) is 7.56. The van der Waals surface area contributed by atoms with E-state index in [0.29, 0.717) is 37.2 Å². The van der Waals surface area contributed by atoms with Crippen LogP contribution in [-0.4, -0.2) is 40.5 Å². The first kappa shape index (κ1) is 21.9. The molecule has 1 aliphatic carbocycles. The van der Waals surface area contributed by atoms with Gasteiger partial charge in [0.1, 0.15) is 5.75 Å². The minimum absolute atomic E-state index is 0.00620. The predicted molar refractivity (Wildman–Crippen MR) is 122 cm³/mol. The van der Waals surface area contributed by atoms with Crippen molar-refractivity contribution in [3.05, 3.63) is 65.4 Å². The van der Waals surface area contributed by atoms with Crippen LogP contribution in [0.5, 0.6) is 5.75 Å². The van der Waals surface area contributed by atoms with Crippen molar-refractivity contribution in [1.82, 2.24) is 9.88 Å². The molecule has 7 heteroatoms. The number of carboxylic acid groups (broad SMARTS) is 1. The summed E-state index contributed by atoms with van der Waals surface area (Å²) in [4.78, 5) is 17.2. The molecule has 1 spiro atoms. The van der Waals surface area contributed by atoms with Crippen LogP contribution in [0.4, 0.5) is 8.78 Å². The molecule has 0 amide bonds. The highest BCUT2D eigenvalue weighted by Crippen LogP contribution is 2.56. The first-order chi connectivity index (χ1) is 15.8. The van der Waals surface area contributed by atoms with Crippen molar-refractivity contribution in [3.63, 3.8) is 0 Å². The molecule has 2 unspecified atom stereocenters. The van der Waals surface area contributed by atoms with Gasteiger partial charge in [0.2, 0.25) is 5.92 Å². The summed E-state index contributed by atoms with van der Waals surface area (Å²) in [6, 6.07) is 13.5. The molecule has 1 saturated heterocycles. The van der Waals surface area contributed by atoms with Crippen LogP contribution < -0.4 is 4.74 Å². The zero-order chi connectivity index (χ0) is 23.2. The van der Waals surface area contributed by atoms with Gasteiger partial charge < -0.3 is 14.8 Å². The molecule has 1 saturated carbocycles. The molecule has 2 N–H and O–H groups in total. The summed E-state index contributed by atoms with van der Waals surface area (Å²) in [5, 5.41) is 10.4. The number of hydrogen-bond donors (Lipinski definition) is 2. The van der Waals surface area contributed by atoms with Crippen molar-refractivity contribution < 1.29 is 23.4 Å². The summed E-state index contributed by atoms with van der Waals surface area (Å²) in [6.07, 6.45) is 3.67. The Morgan fingerprint density at radius 3 is 2.67 bits per heavy atom. The average molecular weight is 455 g/mol. The van der Waals surface area contributed by atoms with Gasteiger partial charge in [-0.2, -0.15) is 0 Å². The number of nitrogens with zero attached hydrogens (tertiary/aromatic N) is 1. The van der Waals surface area contributed by atoms with Crippen LogP contribution >= 0.6 is 0 Å². The number of piperidine rings is 1. The molecule has 5 rings (SSSR count). The lowest BCUT2D eigenvalue weighted by atomic mass is 9.72. The number of carboxylic acids is 1. The van der Waals surface area contributed by atoms with Gasteiger partial charge in [0.15, 0.2) is 0 Å². The number of aromatic nitrogens is 1. The number of hydrogen-bond acceptors (Lipinski definition) is 3. The fourth-order valence-corrected chi connectivity index (χ4v) is 5.92. The third-order valence-electron chi connectivity index (χ3n) is 7.56. The smallest absolute Gasteiger partial charge is 0.337 e. The molecule has 1 aliphatic heterocycles. The van der Waals surface area contributed by atoms with E-state index in [9.17, 15) is 18.7 Å². The maximum absolute atomic E-state index is 14.2. The summed E-state index contributed by atoms with van der Waals surface area (Å²) in [5.41, 5.74) is 2.44. The predicted octanol–water partition coefficient (Wildman–Crippen LogP) is 6.02. The van der Waals surface area contributed by atoms with Gasteiger partial charge in [-0.15, -0.1) is 0 Å². The van der Waals surface area contributed by atoms with Crippen molar-refractivity contribution in [2.75, 3.05) is 13.7 Å². The van der Waals surface area contributed by atoms with Crippen molar-refractivity contribution in [2.45, 2.75) is 50.6 Å². The number of aromatic carboxylic acids is 1. The second kappa shape index (κ2) is 8.13. The third kappa shape index (κ3) is 3.99. The molecule has 0 radical (unpaired) electrons. The summed E-state index contributed by atoms with van der Waals surface area (Å²) in [5.74, 6) is -3.06. The number of ether oxygens (including phenoxy) is 1. The Labute approximate surface area is 191 Å². The number of aromatic amines is 1. The summed E-state index contributed by atoms with van der Waals surface area (Å²) in [7, 11) is 1.55. The second-order valence-corrected chi connectivity index (χ2v) is 9.56. The lowest BCUT2D eigenvalue weighted by Gasteiger charge is -2.45. The van der Waals surface area contributed by atoms with Gasteiger partial charge in [0.25, 0.3) is 0 Å². The zero-order valence-electron chi connectivity index (χ0n) is 18.6. The molecule has 2 aromatic carbocycles. The minimum Gasteiger partial charge on any atom is -0.496 e. The maximum Gasteiger partial charge on any atom is 0.337 e. The Bertz CT molecular complexity index is 1180. The molecule has 1 aromatic heterocycles. The number of benzene rings is 2. The van der Waals surface area contributed by atoms with Crippen LogP contribution in [0.2, 0.25) is 0 Å². The van der Waals surface area contributed by atoms with Crippen LogP contribution in [0, 0.1) is 5.41 Å². The van der Waals surface area contributed by atoms with Crippen LogP contribution in [0.25, 0.3) is 10.9 Å². The standard InChI is InChI=1S/C26H28F2N2O3/c1-33-22-13-19(24(31)32)23-18(7-11-29-23)20(22)15-30-12-10-25(8-9-26(27,28)16-25)14-21(30)17-5-3-2-4-6-17/h2-7,11,13,21,29H,8-10,12,14-16H2,1H3,(H,31,32). The van der Waals surface area contributed by atoms with E-state index in [4.69, 9.17) is 4.74 Å².